The maximum Gasteiger partial charge on any atom is 0.328 e. The van der Waals surface area contributed by atoms with E-state index >= 15 is 0 Å². The zero-order chi connectivity index (χ0) is 14.4. The van der Waals surface area contributed by atoms with Crippen LogP contribution in [-0.4, -0.2) is 16.1 Å². The van der Waals surface area contributed by atoms with E-state index in [4.69, 9.17) is 21.4 Å². The van der Waals surface area contributed by atoms with Crippen molar-refractivity contribution in [2.24, 2.45) is 0 Å². The summed E-state index contributed by atoms with van der Waals surface area (Å²) in [5, 5.41) is 9.12. The number of rotatable bonds is 5. The standard InChI is InChI=1S/C15H12ClNO3/c16-13-5-3-6-14(12(13)7-8-15(18)19)20-10-11-4-1-2-9-17-11/h1-9H,10H2,(H,18,19)/b8-7+. The number of carboxylic acid groups (broad SMARTS) is 1. The maximum absolute atomic E-state index is 10.6. The molecule has 4 nitrogen and oxygen atoms in total. The number of pyridine rings is 1. The van der Waals surface area contributed by atoms with Crippen molar-refractivity contribution < 1.29 is 14.6 Å². The van der Waals surface area contributed by atoms with Crippen molar-refractivity contribution in [2.45, 2.75) is 6.61 Å². The lowest BCUT2D eigenvalue weighted by Gasteiger charge is -2.10. The highest BCUT2D eigenvalue weighted by Crippen LogP contribution is 2.28. The predicted molar refractivity (Wildman–Crippen MR) is 76.7 cm³/mol. The van der Waals surface area contributed by atoms with Gasteiger partial charge in [0.05, 0.1) is 10.7 Å². The van der Waals surface area contributed by atoms with Crippen LogP contribution in [0.15, 0.2) is 48.7 Å². The summed E-state index contributed by atoms with van der Waals surface area (Å²) in [6, 6.07) is 10.7. The van der Waals surface area contributed by atoms with Crippen LogP contribution in [0.5, 0.6) is 5.75 Å². The molecule has 20 heavy (non-hydrogen) atoms. The van der Waals surface area contributed by atoms with Crippen molar-refractivity contribution in [3.05, 3.63) is 65.0 Å². The Balaban J connectivity index is 2.19. The zero-order valence-corrected chi connectivity index (χ0v) is 11.2. The Morgan fingerprint density at radius 1 is 1.30 bits per heavy atom. The van der Waals surface area contributed by atoms with Crippen molar-refractivity contribution in [1.29, 1.82) is 0 Å². The Morgan fingerprint density at radius 3 is 2.85 bits per heavy atom. The number of nitrogens with zero attached hydrogens (tertiary/aromatic N) is 1. The van der Waals surface area contributed by atoms with E-state index in [0.29, 0.717) is 16.3 Å². The molecule has 102 valence electrons. The molecule has 0 aliphatic carbocycles. The SMILES string of the molecule is O=C(O)/C=C/c1c(Cl)cccc1OCc1ccccn1. The Kier molecular flexibility index (Phi) is 4.74. The van der Waals surface area contributed by atoms with Crippen LogP contribution in [0.1, 0.15) is 11.3 Å². The average molecular weight is 290 g/mol. The molecule has 2 rings (SSSR count). The number of aromatic nitrogens is 1. The van der Waals surface area contributed by atoms with E-state index in [1.165, 1.54) is 6.08 Å². The second kappa shape index (κ2) is 6.73. The number of carboxylic acids is 1. The quantitative estimate of drug-likeness (QED) is 0.857. The van der Waals surface area contributed by atoms with Gasteiger partial charge in [0.2, 0.25) is 0 Å². The maximum atomic E-state index is 10.6. The first-order valence-electron chi connectivity index (χ1n) is 5.89. The highest BCUT2D eigenvalue weighted by molar-refractivity contribution is 6.32. The van der Waals surface area contributed by atoms with Crippen LogP contribution >= 0.6 is 11.6 Å². The van der Waals surface area contributed by atoms with Gasteiger partial charge in [0.25, 0.3) is 0 Å². The van der Waals surface area contributed by atoms with E-state index in [0.717, 1.165) is 11.8 Å². The van der Waals surface area contributed by atoms with Crippen LogP contribution in [0, 0.1) is 0 Å². The molecule has 1 heterocycles. The molecule has 0 bridgehead atoms. The van der Waals surface area contributed by atoms with E-state index in [-0.39, 0.29) is 6.61 Å². The molecule has 5 heteroatoms. The summed E-state index contributed by atoms with van der Waals surface area (Å²) in [7, 11) is 0. The van der Waals surface area contributed by atoms with Crippen LogP contribution in [-0.2, 0) is 11.4 Å². The van der Waals surface area contributed by atoms with Crippen LogP contribution < -0.4 is 4.74 Å². The summed E-state index contributed by atoms with van der Waals surface area (Å²) in [4.78, 5) is 14.7. The van der Waals surface area contributed by atoms with Gasteiger partial charge < -0.3 is 9.84 Å². The summed E-state index contributed by atoms with van der Waals surface area (Å²) < 4.78 is 5.65. The van der Waals surface area contributed by atoms with E-state index in [9.17, 15) is 4.79 Å². The Labute approximate surface area is 121 Å². The molecule has 0 fully saturated rings. The van der Waals surface area contributed by atoms with Crippen LogP contribution in [0.4, 0.5) is 0 Å². The van der Waals surface area contributed by atoms with Gasteiger partial charge in [-0.3, -0.25) is 4.98 Å². The van der Waals surface area contributed by atoms with E-state index in [1.54, 1.807) is 24.4 Å². The molecular weight excluding hydrogens is 278 g/mol. The number of halogens is 1. The van der Waals surface area contributed by atoms with E-state index < -0.39 is 5.97 Å². The smallest absolute Gasteiger partial charge is 0.328 e. The fourth-order valence-electron chi connectivity index (χ4n) is 1.59. The highest BCUT2D eigenvalue weighted by atomic mass is 35.5. The lowest BCUT2D eigenvalue weighted by Crippen LogP contribution is -1.99. The molecule has 0 aliphatic rings. The second-order valence-corrected chi connectivity index (χ2v) is 4.34. The van der Waals surface area contributed by atoms with Crippen molar-refractivity contribution in [3.63, 3.8) is 0 Å². The number of carbonyl (C=O) groups is 1. The van der Waals surface area contributed by atoms with Gasteiger partial charge >= 0.3 is 5.97 Å². The predicted octanol–water partition coefficient (Wildman–Crippen LogP) is 3.41. The minimum absolute atomic E-state index is 0.287. The first-order chi connectivity index (χ1) is 9.66. The summed E-state index contributed by atoms with van der Waals surface area (Å²) in [5.41, 5.74) is 1.31. The number of hydrogen-bond acceptors (Lipinski definition) is 3. The monoisotopic (exact) mass is 289 g/mol. The Bertz CT molecular complexity index is 626. The van der Waals surface area contributed by atoms with Crippen molar-refractivity contribution >= 4 is 23.6 Å². The van der Waals surface area contributed by atoms with Gasteiger partial charge in [0.1, 0.15) is 12.4 Å². The summed E-state index contributed by atoms with van der Waals surface area (Å²) in [5.74, 6) is -0.527. The molecule has 0 saturated carbocycles. The lowest BCUT2D eigenvalue weighted by molar-refractivity contribution is -0.131. The molecule has 0 radical (unpaired) electrons. The zero-order valence-electron chi connectivity index (χ0n) is 10.5. The van der Waals surface area contributed by atoms with Crippen LogP contribution in [0.25, 0.3) is 6.08 Å². The number of aliphatic carboxylic acids is 1. The van der Waals surface area contributed by atoms with Crippen molar-refractivity contribution in [1.82, 2.24) is 4.98 Å². The molecule has 1 aromatic heterocycles. The summed E-state index contributed by atoms with van der Waals surface area (Å²) in [6.45, 7) is 0.287. The Morgan fingerprint density at radius 2 is 2.15 bits per heavy atom. The van der Waals surface area contributed by atoms with Gasteiger partial charge in [0, 0.05) is 17.8 Å². The van der Waals surface area contributed by atoms with Crippen molar-refractivity contribution in [3.8, 4) is 5.75 Å². The first kappa shape index (κ1) is 14.1. The number of hydrogen-bond donors (Lipinski definition) is 1. The van der Waals surface area contributed by atoms with Gasteiger partial charge in [-0.05, 0) is 30.3 Å². The minimum atomic E-state index is -1.04. The molecule has 0 atom stereocenters. The van der Waals surface area contributed by atoms with Gasteiger partial charge in [-0.1, -0.05) is 23.7 Å². The third-order valence-corrected chi connectivity index (χ3v) is 2.84. The third-order valence-electron chi connectivity index (χ3n) is 2.51. The minimum Gasteiger partial charge on any atom is -0.487 e. The number of benzene rings is 1. The third kappa shape index (κ3) is 3.83. The molecule has 0 amide bonds. The molecule has 0 unspecified atom stereocenters. The van der Waals surface area contributed by atoms with E-state index in [1.807, 2.05) is 18.2 Å². The normalized spacial score (nSPS) is 10.7. The molecule has 0 saturated heterocycles. The highest BCUT2D eigenvalue weighted by Gasteiger charge is 2.06. The molecular formula is C15H12ClNO3. The van der Waals surface area contributed by atoms with Gasteiger partial charge in [-0.15, -0.1) is 0 Å². The molecule has 2 aromatic rings. The van der Waals surface area contributed by atoms with E-state index in [2.05, 4.69) is 4.98 Å². The van der Waals surface area contributed by atoms with Gasteiger partial charge in [0.15, 0.2) is 0 Å². The largest absolute Gasteiger partial charge is 0.487 e. The topological polar surface area (TPSA) is 59.4 Å². The second-order valence-electron chi connectivity index (χ2n) is 3.93. The van der Waals surface area contributed by atoms with Gasteiger partial charge in [-0.2, -0.15) is 0 Å². The molecule has 0 spiro atoms. The summed E-state index contributed by atoms with van der Waals surface area (Å²) in [6.07, 6.45) is 4.12. The fraction of sp³-hybridized carbons (Fsp3) is 0.0667. The van der Waals surface area contributed by atoms with Gasteiger partial charge in [-0.25, -0.2) is 4.79 Å². The summed E-state index contributed by atoms with van der Waals surface area (Å²) >= 11 is 6.05. The first-order valence-corrected chi connectivity index (χ1v) is 6.27. The molecule has 1 N–H and O–H groups in total. The Hall–Kier alpha value is -2.33. The van der Waals surface area contributed by atoms with Crippen LogP contribution in [0.3, 0.4) is 0 Å². The number of ether oxygens (including phenoxy) is 1. The van der Waals surface area contributed by atoms with Crippen LogP contribution in [0.2, 0.25) is 5.02 Å². The van der Waals surface area contributed by atoms with Crippen molar-refractivity contribution in [2.75, 3.05) is 0 Å². The fourth-order valence-corrected chi connectivity index (χ4v) is 1.82. The lowest BCUT2D eigenvalue weighted by atomic mass is 10.2. The molecule has 1 aromatic carbocycles. The average Bonchev–Trinajstić information content (AvgIpc) is 2.45. The molecule has 0 aliphatic heterocycles.